The second-order valence-corrected chi connectivity index (χ2v) is 13.3. The number of rotatable bonds is 3. The molecule has 3 unspecified atom stereocenters. The van der Waals surface area contributed by atoms with Gasteiger partial charge in [-0.2, -0.15) is 0 Å². The van der Waals surface area contributed by atoms with Crippen LogP contribution < -0.4 is 0 Å². The van der Waals surface area contributed by atoms with Gasteiger partial charge in [0.05, 0.1) is 6.61 Å². The largest absolute Gasteiger partial charge is 0.413 e. The summed E-state index contributed by atoms with van der Waals surface area (Å²) < 4.78 is 17.7. The first-order valence-electron chi connectivity index (χ1n) is 7.38. The average molecular weight is 335 g/mol. The molecular formula is C15H27ClO4Si. The zero-order valence-electron chi connectivity index (χ0n) is 14.0. The maximum atomic E-state index is 10.9. The van der Waals surface area contributed by atoms with Gasteiger partial charge in [0, 0.05) is 5.03 Å². The van der Waals surface area contributed by atoms with Crippen LogP contribution in [-0.2, 0) is 13.9 Å². The minimum absolute atomic E-state index is 0.0845. The lowest BCUT2D eigenvalue weighted by Gasteiger charge is -2.39. The Labute approximate surface area is 133 Å². The van der Waals surface area contributed by atoms with E-state index in [9.17, 15) is 5.11 Å². The van der Waals surface area contributed by atoms with E-state index in [2.05, 4.69) is 33.9 Å². The van der Waals surface area contributed by atoms with E-state index in [0.29, 0.717) is 5.03 Å². The van der Waals surface area contributed by atoms with Gasteiger partial charge in [-0.1, -0.05) is 32.4 Å². The van der Waals surface area contributed by atoms with E-state index in [-0.39, 0.29) is 11.6 Å². The lowest BCUT2D eigenvalue weighted by atomic mass is 10.0. The maximum absolute atomic E-state index is 10.9. The molecule has 4 nitrogen and oxygen atoms in total. The Hall–Kier alpha value is 0.0869. The van der Waals surface area contributed by atoms with Crippen LogP contribution in [0.1, 0.15) is 34.6 Å². The van der Waals surface area contributed by atoms with Gasteiger partial charge in [-0.3, -0.25) is 0 Å². The molecule has 0 aromatic rings. The lowest BCUT2D eigenvalue weighted by Crippen LogP contribution is -2.51. The van der Waals surface area contributed by atoms with Crippen LogP contribution in [0.5, 0.6) is 0 Å². The van der Waals surface area contributed by atoms with E-state index in [4.69, 9.17) is 25.5 Å². The first-order chi connectivity index (χ1) is 9.28. The standard InChI is InChI=1S/C15H27ClO4Si/c1-13(2,3)21(6,7)18-9-15(17)8-10(16)11-12(15)20-14(4,5)19-11/h8,11-12,17H,9H2,1-7H3. The van der Waals surface area contributed by atoms with Crippen LogP contribution in [0.15, 0.2) is 11.1 Å². The number of halogens is 1. The SMILES string of the molecule is CC1(C)OC2C(Cl)=CC(O)(CO[Si](C)(C)C(C)(C)C)C2O1. The van der Waals surface area contributed by atoms with E-state index in [1.54, 1.807) is 6.08 Å². The number of fused-ring (bicyclic) bond motifs is 1. The molecule has 0 amide bonds. The molecule has 0 radical (unpaired) electrons. The summed E-state index contributed by atoms with van der Waals surface area (Å²) in [6.45, 7) is 14.6. The van der Waals surface area contributed by atoms with E-state index in [1.165, 1.54) is 0 Å². The molecule has 0 aromatic heterocycles. The van der Waals surface area contributed by atoms with Crippen molar-refractivity contribution in [2.45, 2.75) is 76.3 Å². The van der Waals surface area contributed by atoms with Gasteiger partial charge in [0.1, 0.15) is 17.8 Å². The molecule has 0 bridgehead atoms. The monoisotopic (exact) mass is 334 g/mol. The van der Waals surface area contributed by atoms with Crippen molar-refractivity contribution in [3.8, 4) is 0 Å². The van der Waals surface area contributed by atoms with Crippen LogP contribution >= 0.6 is 11.6 Å². The topological polar surface area (TPSA) is 47.9 Å². The van der Waals surface area contributed by atoms with Crippen LogP contribution in [0, 0.1) is 0 Å². The van der Waals surface area contributed by atoms with E-state index in [1.807, 2.05) is 13.8 Å². The van der Waals surface area contributed by atoms with E-state index < -0.39 is 31.9 Å². The van der Waals surface area contributed by atoms with Crippen LogP contribution in [0.25, 0.3) is 0 Å². The normalized spacial score (nSPS) is 35.8. The van der Waals surface area contributed by atoms with Crippen molar-refractivity contribution in [2.75, 3.05) is 6.61 Å². The number of ether oxygens (including phenoxy) is 2. The predicted octanol–water partition coefficient (Wildman–Crippen LogP) is 3.40. The molecule has 1 heterocycles. The Balaban J connectivity index is 2.13. The minimum Gasteiger partial charge on any atom is -0.413 e. The molecular weight excluding hydrogens is 308 g/mol. The minimum atomic E-state index is -1.95. The summed E-state index contributed by atoms with van der Waals surface area (Å²) in [6, 6.07) is 0. The van der Waals surface area contributed by atoms with Crippen LogP contribution in [0.4, 0.5) is 0 Å². The summed E-state index contributed by atoms with van der Waals surface area (Å²) in [7, 11) is -1.95. The maximum Gasteiger partial charge on any atom is 0.192 e. The summed E-state index contributed by atoms with van der Waals surface area (Å²) in [5.41, 5.74) is -1.23. The van der Waals surface area contributed by atoms with Crippen LogP contribution in [0.2, 0.25) is 18.1 Å². The van der Waals surface area contributed by atoms with Gasteiger partial charge in [-0.05, 0) is 38.1 Å². The van der Waals surface area contributed by atoms with Crippen molar-refractivity contribution in [1.82, 2.24) is 0 Å². The highest BCUT2D eigenvalue weighted by Crippen LogP contribution is 2.45. The van der Waals surface area contributed by atoms with Gasteiger partial charge in [0.15, 0.2) is 14.1 Å². The molecule has 1 saturated heterocycles. The molecule has 1 N–H and O–H groups in total. The van der Waals surface area contributed by atoms with Gasteiger partial charge in [0.2, 0.25) is 0 Å². The molecule has 6 heteroatoms. The Morgan fingerprint density at radius 3 is 2.43 bits per heavy atom. The molecule has 1 fully saturated rings. The summed E-state index contributed by atoms with van der Waals surface area (Å²) in [4.78, 5) is 0. The highest BCUT2D eigenvalue weighted by atomic mass is 35.5. The summed E-state index contributed by atoms with van der Waals surface area (Å²) >= 11 is 6.22. The lowest BCUT2D eigenvalue weighted by molar-refractivity contribution is -0.168. The second kappa shape index (κ2) is 5.04. The zero-order valence-corrected chi connectivity index (χ0v) is 15.7. The van der Waals surface area contributed by atoms with Crippen LogP contribution in [0.3, 0.4) is 0 Å². The van der Waals surface area contributed by atoms with Crippen molar-refractivity contribution in [1.29, 1.82) is 0 Å². The summed E-state index contributed by atoms with van der Waals surface area (Å²) in [5, 5.41) is 11.5. The molecule has 21 heavy (non-hydrogen) atoms. The fourth-order valence-electron chi connectivity index (χ4n) is 2.37. The van der Waals surface area contributed by atoms with Crippen LogP contribution in [-0.4, -0.2) is 43.6 Å². The smallest absolute Gasteiger partial charge is 0.192 e. The van der Waals surface area contributed by atoms with Crippen molar-refractivity contribution in [2.24, 2.45) is 0 Å². The third kappa shape index (κ3) is 3.23. The van der Waals surface area contributed by atoms with E-state index >= 15 is 0 Å². The fourth-order valence-corrected chi connectivity index (χ4v) is 3.74. The number of hydrogen-bond acceptors (Lipinski definition) is 4. The number of hydrogen-bond donors (Lipinski definition) is 1. The summed E-state index contributed by atoms with van der Waals surface area (Å²) in [6.07, 6.45) is 0.700. The Bertz CT molecular complexity index is 455. The van der Waals surface area contributed by atoms with Gasteiger partial charge in [-0.15, -0.1) is 0 Å². The first kappa shape index (κ1) is 17.4. The number of aliphatic hydroxyl groups is 1. The Kier molecular flexibility index (Phi) is 4.19. The molecule has 1 aliphatic carbocycles. The third-order valence-corrected chi connectivity index (χ3v) is 9.52. The average Bonchev–Trinajstić information content (AvgIpc) is 2.71. The zero-order chi connectivity index (χ0) is 16.3. The second-order valence-electron chi connectivity index (χ2n) is 8.05. The van der Waals surface area contributed by atoms with Gasteiger partial charge in [-0.25, -0.2) is 0 Å². The van der Waals surface area contributed by atoms with Crippen molar-refractivity contribution in [3.63, 3.8) is 0 Å². The molecule has 2 aliphatic rings. The van der Waals surface area contributed by atoms with Crippen molar-refractivity contribution in [3.05, 3.63) is 11.1 Å². The first-order valence-corrected chi connectivity index (χ1v) is 10.7. The molecule has 2 rings (SSSR count). The summed E-state index contributed by atoms with van der Waals surface area (Å²) in [5.74, 6) is -0.741. The van der Waals surface area contributed by atoms with Crippen molar-refractivity contribution < 1.29 is 19.0 Å². The fraction of sp³-hybridized carbons (Fsp3) is 0.867. The van der Waals surface area contributed by atoms with Gasteiger partial charge < -0.3 is 19.0 Å². The molecule has 122 valence electrons. The van der Waals surface area contributed by atoms with Crippen molar-refractivity contribution >= 4 is 19.9 Å². The molecule has 3 atom stereocenters. The molecule has 0 spiro atoms. The van der Waals surface area contributed by atoms with Gasteiger partial charge >= 0.3 is 0 Å². The Morgan fingerprint density at radius 2 is 1.90 bits per heavy atom. The highest BCUT2D eigenvalue weighted by molar-refractivity contribution is 6.74. The molecule has 1 aliphatic heterocycles. The molecule has 0 aromatic carbocycles. The Morgan fingerprint density at radius 1 is 1.33 bits per heavy atom. The quantitative estimate of drug-likeness (QED) is 0.804. The predicted molar refractivity (Wildman–Crippen MR) is 85.9 cm³/mol. The molecule has 0 saturated carbocycles. The van der Waals surface area contributed by atoms with Gasteiger partial charge in [0.25, 0.3) is 0 Å². The third-order valence-electron chi connectivity index (χ3n) is 4.72. The highest BCUT2D eigenvalue weighted by Gasteiger charge is 2.57. The van der Waals surface area contributed by atoms with E-state index in [0.717, 1.165) is 0 Å².